The normalized spacial score (nSPS) is 12.0. The summed E-state index contributed by atoms with van der Waals surface area (Å²) in [5.41, 5.74) is 5.43. The molecule has 1 rings (SSSR count). The molecule has 4 nitrogen and oxygen atoms in total. The zero-order valence-corrected chi connectivity index (χ0v) is 12.1. The highest BCUT2D eigenvalue weighted by molar-refractivity contribution is 5.78. The van der Waals surface area contributed by atoms with Crippen molar-refractivity contribution < 1.29 is 13.9 Å². The molecule has 112 valence electrons. The van der Waals surface area contributed by atoms with Gasteiger partial charge in [-0.1, -0.05) is 13.0 Å². The molecule has 1 amide bonds. The van der Waals surface area contributed by atoms with Gasteiger partial charge in [0.05, 0.1) is 6.54 Å². The molecule has 0 saturated carbocycles. The van der Waals surface area contributed by atoms with Crippen molar-refractivity contribution in [3.05, 3.63) is 30.1 Å². The predicted octanol–water partition coefficient (Wildman–Crippen LogP) is 2.04. The number of hydrogen-bond donors (Lipinski definition) is 1. The quantitative estimate of drug-likeness (QED) is 0.794. The molecular weight excluding hydrogens is 259 g/mol. The summed E-state index contributed by atoms with van der Waals surface area (Å²) in [5, 5.41) is 0. The van der Waals surface area contributed by atoms with Crippen molar-refractivity contribution in [1.82, 2.24) is 4.90 Å². The molecule has 0 spiro atoms. The van der Waals surface area contributed by atoms with Gasteiger partial charge in [-0.05, 0) is 31.5 Å². The fourth-order valence-corrected chi connectivity index (χ4v) is 1.89. The van der Waals surface area contributed by atoms with Crippen molar-refractivity contribution in [3.63, 3.8) is 0 Å². The summed E-state index contributed by atoms with van der Waals surface area (Å²) in [5.74, 6) is 0.198. The average molecular weight is 282 g/mol. The zero-order valence-electron chi connectivity index (χ0n) is 12.1. The van der Waals surface area contributed by atoms with E-state index < -0.39 is 0 Å². The molecule has 1 aromatic carbocycles. The first-order chi connectivity index (χ1) is 9.54. The average Bonchev–Trinajstić information content (AvgIpc) is 2.43. The Labute approximate surface area is 119 Å². The number of ether oxygens (including phenoxy) is 1. The highest BCUT2D eigenvalue weighted by Crippen LogP contribution is 2.12. The minimum atomic E-state index is -0.331. The van der Waals surface area contributed by atoms with Crippen LogP contribution in [0.1, 0.15) is 19.8 Å². The molecule has 1 atom stereocenters. The van der Waals surface area contributed by atoms with Crippen LogP contribution in [0.2, 0.25) is 0 Å². The summed E-state index contributed by atoms with van der Waals surface area (Å²) in [6.07, 6.45) is 1.64. The van der Waals surface area contributed by atoms with Gasteiger partial charge in [-0.25, -0.2) is 4.39 Å². The van der Waals surface area contributed by atoms with Crippen LogP contribution in [0.25, 0.3) is 0 Å². The van der Waals surface area contributed by atoms with Gasteiger partial charge < -0.3 is 15.4 Å². The number of carbonyl (C=O) groups is 1. The third kappa shape index (κ3) is 5.57. The molecular formula is C15H23FN2O2. The van der Waals surface area contributed by atoms with E-state index >= 15 is 0 Å². The summed E-state index contributed by atoms with van der Waals surface area (Å²) >= 11 is 0. The molecule has 0 aliphatic rings. The number of likely N-dealkylation sites (N-methyl/N-ethyl adjacent to an activating group) is 1. The van der Waals surface area contributed by atoms with Crippen molar-refractivity contribution in [2.24, 2.45) is 11.7 Å². The maximum Gasteiger partial charge on any atom is 0.225 e. The van der Waals surface area contributed by atoms with Gasteiger partial charge in [-0.15, -0.1) is 0 Å². The first kappa shape index (κ1) is 16.4. The van der Waals surface area contributed by atoms with Crippen LogP contribution in [-0.2, 0) is 4.79 Å². The van der Waals surface area contributed by atoms with Crippen LogP contribution < -0.4 is 10.5 Å². The van der Waals surface area contributed by atoms with Gasteiger partial charge in [0.25, 0.3) is 0 Å². The maximum atomic E-state index is 13.0. The van der Waals surface area contributed by atoms with E-state index in [1.807, 2.05) is 6.92 Å². The minimum absolute atomic E-state index is 0.0299. The highest BCUT2D eigenvalue weighted by atomic mass is 19.1. The van der Waals surface area contributed by atoms with Crippen molar-refractivity contribution in [1.29, 1.82) is 0 Å². The van der Waals surface area contributed by atoms with E-state index in [1.54, 1.807) is 24.1 Å². The smallest absolute Gasteiger partial charge is 0.225 e. The number of nitrogens with two attached hydrogens (primary N) is 1. The van der Waals surface area contributed by atoms with Crippen LogP contribution in [-0.4, -0.2) is 37.6 Å². The molecule has 20 heavy (non-hydrogen) atoms. The Morgan fingerprint density at radius 3 is 2.90 bits per heavy atom. The maximum absolute atomic E-state index is 13.0. The Hall–Kier alpha value is -1.62. The zero-order chi connectivity index (χ0) is 15.0. The van der Waals surface area contributed by atoms with Gasteiger partial charge in [0, 0.05) is 19.0 Å². The van der Waals surface area contributed by atoms with Crippen molar-refractivity contribution in [2.75, 3.05) is 26.7 Å². The highest BCUT2D eigenvalue weighted by Gasteiger charge is 2.16. The van der Waals surface area contributed by atoms with Gasteiger partial charge >= 0.3 is 0 Å². The first-order valence-corrected chi connectivity index (χ1v) is 6.88. The largest absolute Gasteiger partial charge is 0.492 e. The van der Waals surface area contributed by atoms with E-state index in [0.29, 0.717) is 25.4 Å². The Balaban J connectivity index is 2.32. The lowest BCUT2D eigenvalue weighted by molar-refractivity contribution is -0.134. The van der Waals surface area contributed by atoms with Gasteiger partial charge in [0.15, 0.2) is 0 Å². The lowest BCUT2D eigenvalue weighted by Gasteiger charge is -2.21. The van der Waals surface area contributed by atoms with Crippen LogP contribution in [0.4, 0.5) is 4.39 Å². The lowest BCUT2D eigenvalue weighted by atomic mass is 10.0. The molecule has 0 bridgehead atoms. The summed E-state index contributed by atoms with van der Waals surface area (Å²) in [6, 6.07) is 5.97. The Kier molecular flexibility index (Phi) is 7.01. The van der Waals surface area contributed by atoms with E-state index in [9.17, 15) is 9.18 Å². The Morgan fingerprint density at radius 2 is 2.25 bits per heavy atom. The van der Waals surface area contributed by atoms with Crippen LogP contribution in [0, 0.1) is 11.7 Å². The van der Waals surface area contributed by atoms with Crippen molar-refractivity contribution >= 4 is 5.91 Å². The van der Waals surface area contributed by atoms with Crippen LogP contribution >= 0.6 is 0 Å². The SMILES string of the molecule is CC(CCCN)C(=O)N(C)CCOc1cccc(F)c1. The lowest BCUT2D eigenvalue weighted by Crippen LogP contribution is -2.35. The van der Waals surface area contributed by atoms with Gasteiger partial charge in [-0.2, -0.15) is 0 Å². The molecule has 0 radical (unpaired) electrons. The van der Waals surface area contributed by atoms with Gasteiger partial charge in [-0.3, -0.25) is 4.79 Å². The summed E-state index contributed by atoms with van der Waals surface area (Å²) in [4.78, 5) is 13.7. The number of carbonyl (C=O) groups excluding carboxylic acids is 1. The molecule has 0 aromatic heterocycles. The second-order valence-corrected chi connectivity index (χ2v) is 4.90. The summed E-state index contributed by atoms with van der Waals surface area (Å²) < 4.78 is 18.4. The molecule has 1 unspecified atom stereocenters. The number of benzene rings is 1. The topological polar surface area (TPSA) is 55.6 Å². The van der Waals surface area contributed by atoms with Crippen LogP contribution in [0.15, 0.2) is 24.3 Å². The minimum Gasteiger partial charge on any atom is -0.492 e. The van der Waals surface area contributed by atoms with E-state index in [-0.39, 0.29) is 17.6 Å². The molecule has 0 heterocycles. The number of halogens is 1. The second kappa shape index (κ2) is 8.53. The molecule has 0 saturated heterocycles. The van der Waals surface area contributed by atoms with Gasteiger partial charge in [0.2, 0.25) is 5.91 Å². The Bertz CT molecular complexity index is 426. The standard InChI is InChI=1S/C15H23FN2O2/c1-12(5-4-8-17)15(19)18(2)9-10-20-14-7-3-6-13(16)11-14/h3,6-7,11-12H,4-5,8-10,17H2,1-2H3. The van der Waals surface area contributed by atoms with Crippen molar-refractivity contribution in [3.8, 4) is 5.75 Å². The van der Waals surface area contributed by atoms with E-state index in [0.717, 1.165) is 12.8 Å². The van der Waals surface area contributed by atoms with Crippen molar-refractivity contribution in [2.45, 2.75) is 19.8 Å². The summed E-state index contributed by atoms with van der Waals surface area (Å²) in [6.45, 7) is 3.32. The fraction of sp³-hybridized carbons (Fsp3) is 0.533. The van der Waals surface area contributed by atoms with E-state index in [2.05, 4.69) is 0 Å². The second-order valence-electron chi connectivity index (χ2n) is 4.90. The third-order valence-corrected chi connectivity index (χ3v) is 3.13. The number of nitrogens with zero attached hydrogens (tertiary/aromatic N) is 1. The number of rotatable bonds is 8. The predicted molar refractivity (Wildman–Crippen MR) is 77.0 cm³/mol. The van der Waals surface area contributed by atoms with Crippen LogP contribution in [0.5, 0.6) is 5.75 Å². The Morgan fingerprint density at radius 1 is 1.50 bits per heavy atom. The number of hydrogen-bond acceptors (Lipinski definition) is 3. The fourth-order valence-electron chi connectivity index (χ4n) is 1.89. The monoisotopic (exact) mass is 282 g/mol. The molecule has 0 aliphatic carbocycles. The number of amides is 1. The van der Waals surface area contributed by atoms with E-state index in [4.69, 9.17) is 10.5 Å². The molecule has 0 aliphatic heterocycles. The van der Waals surface area contributed by atoms with E-state index in [1.165, 1.54) is 12.1 Å². The molecule has 2 N–H and O–H groups in total. The molecule has 1 aromatic rings. The first-order valence-electron chi connectivity index (χ1n) is 6.88. The third-order valence-electron chi connectivity index (χ3n) is 3.13. The molecule has 5 heteroatoms. The van der Waals surface area contributed by atoms with Gasteiger partial charge in [0.1, 0.15) is 18.2 Å². The van der Waals surface area contributed by atoms with Crippen LogP contribution in [0.3, 0.4) is 0 Å². The summed E-state index contributed by atoms with van der Waals surface area (Å²) in [7, 11) is 1.75. The molecule has 0 fully saturated rings.